The first kappa shape index (κ1) is 36.1. The minimum atomic E-state index is -4.66. The molecule has 5 rings (SSSR count). The molecular weight excluding hydrogens is 694 g/mol. The van der Waals surface area contributed by atoms with Crippen LogP contribution in [-0.4, -0.2) is 61.9 Å². The van der Waals surface area contributed by atoms with E-state index in [9.17, 15) is 27.9 Å². The lowest BCUT2D eigenvalue weighted by atomic mass is 9.78. The van der Waals surface area contributed by atoms with Crippen LogP contribution in [0.3, 0.4) is 0 Å². The van der Waals surface area contributed by atoms with Crippen LogP contribution < -0.4 is 4.74 Å². The van der Waals surface area contributed by atoms with Gasteiger partial charge >= 0.3 is 12.1 Å². The molecule has 4 atom stereocenters. The first-order valence-corrected chi connectivity index (χ1v) is 17.8. The maximum Gasteiger partial charge on any atom is 0.425 e. The van der Waals surface area contributed by atoms with Gasteiger partial charge in [-0.15, -0.1) is 22.7 Å². The minimum absolute atomic E-state index is 0.00700. The molecule has 48 heavy (non-hydrogen) atoms. The first-order valence-electron chi connectivity index (χ1n) is 15.7. The molecule has 8 nitrogen and oxygen atoms in total. The third-order valence-corrected chi connectivity index (χ3v) is 11.5. The number of pyridine rings is 1. The van der Waals surface area contributed by atoms with E-state index in [1.54, 1.807) is 13.0 Å². The molecule has 3 aromatic rings. The molecule has 1 N–H and O–H groups in total. The second-order valence-corrected chi connectivity index (χ2v) is 15.0. The number of halogens is 5. The lowest BCUT2D eigenvalue weighted by Gasteiger charge is -2.51. The number of likely N-dealkylation sites (tertiary alicyclic amines) is 1. The highest BCUT2D eigenvalue weighted by Crippen LogP contribution is 2.44. The average Bonchev–Trinajstić information content (AvgIpc) is 3.68. The number of carboxylic acids is 1. The Morgan fingerprint density at radius 1 is 1.19 bits per heavy atom. The van der Waals surface area contributed by atoms with Crippen LogP contribution in [0.2, 0.25) is 4.34 Å². The molecule has 2 aliphatic rings. The molecule has 260 valence electrons. The van der Waals surface area contributed by atoms with Crippen molar-refractivity contribution in [2.75, 3.05) is 6.54 Å². The van der Waals surface area contributed by atoms with Gasteiger partial charge in [-0.2, -0.15) is 13.2 Å². The Labute approximate surface area is 288 Å². The smallest absolute Gasteiger partial charge is 0.425 e. The van der Waals surface area contributed by atoms with E-state index in [1.807, 2.05) is 6.92 Å². The third-order valence-electron chi connectivity index (χ3n) is 9.22. The number of alkyl halides is 4. The van der Waals surface area contributed by atoms with Crippen molar-refractivity contribution in [3.8, 4) is 5.75 Å². The number of unbranched alkanes of at least 4 members (excludes halogenated alkanes) is 1. The number of carboxylic acid groups (broad SMARTS) is 1. The highest BCUT2D eigenvalue weighted by molar-refractivity contribution is 7.16. The predicted molar refractivity (Wildman–Crippen MR) is 174 cm³/mol. The first-order chi connectivity index (χ1) is 22.6. The molecule has 5 heterocycles. The highest BCUT2D eigenvalue weighted by atomic mass is 35.5. The number of piperidine rings is 1. The van der Waals surface area contributed by atoms with Crippen molar-refractivity contribution >= 4 is 52.1 Å². The standard InChI is InChI=1S/C33H36ClF4N3O5S2/c1-4-6-10-24-32(46-20-16-25(47-18-20)33(36,37)38,30(45)41-17-23-19(15-26(34)48-23)14-22(41)29(43)44)11-8-13-40(24)28(42)27-21(9-7-12-39-27)31(3,35)5-2/h7,9,12,15-16,18,22,24H,4-6,8,10-11,13-14,17H2,1-3H3,(H,43,44). The zero-order valence-electron chi connectivity index (χ0n) is 26.6. The van der Waals surface area contributed by atoms with Crippen molar-refractivity contribution in [2.45, 2.75) is 102 Å². The Bertz CT molecular complexity index is 1680. The zero-order valence-corrected chi connectivity index (χ0v) is 29.0. The number of aromatic nitrogens is 1. The molecule has 15 heteroatoms. The van der Waals surface area contributed by atoms with E-state index < -0.39 is 52.2 Å². The summed E-state index contributed by atoms with van der Waals surface area (Å²) >= 11 is 7.87. The fourth-order valence-electron chi connectivity index (χ4n) is 6.58. The van der Waals surface area contributed by atoms with E-state index in [4.69, 9.17) is 16.3 Å². The molecule has 4 unspecified atom stereocenters. The zero-order chi connectivity index (χ0) is 35.0. The topological polar surface area (TPSA) is 100 Å². The van der Waals surface area contributed by atoms with E-state index in [2.05, 4.69) is 4.98 Å². The van der Waals surface area contributed by atoms with Crippen molar-refractivity contribution in [3.63, 3.8) is 0 Å². The monoisotopic (exact) mass is 729 g/mol. The highest BCUT2D eigenvalue weighted by Gasteiger charge is 2.57. The summed E-state index contributed by atoms with van der Waals surface area (Å²) in [5, 5.41) is 11.4. The molecule has 0 aliphatic carbocycles. The van der Waals surface area contributed by atoms with Crippen LogP contribution in [0.5, 0.6) is 5.75 Å². The van der Waals surface area contributed by atoms with Gasteiger partial charge in [-0.25, -0.2) is 9.18 Å². The summed E-state index contributed by atoms with van der Waals surface area (Å²) in [4.78, 5) is 48.7. The van der Waals surface area contributed by atoms with E-state index in [0.717, 1.165) is 11.4 Å². The van der Waals surface area contributed by atoms with Crippen molar-refractivity contribution < 1.29 is 41.8 Å². The number of hydrogen-bond acceptors (Lipinski definition) is 7. The molecule has 0 saturated carbocycles. The van der Waals surface area contributed by atoms with Gasteiger partial charge in [0.15, 0.2) is 0 Å². The molecular formula is C33H36ClF4N3O5S2. The fraction of sp³-hybridized carbons (Fsp3) is 0.515. The van der Waals surface area contributed by atoms with Gasteiger partial charge in [0.25, 0.3) is 11.8 Å². The summed E-state index contributed by atoms with van der Waals surface area (Å²) < 4.78 is 63.6. The number of ether oxygens (including phenoxy) is 1. The van der Waals surface area contributed by atoms with Gasteiger partial charge in [0.1, 0.15) is 28.0 Å². The second-order valence-electron chi connectivity index (χ2n) is 12.3. The van der Waals surface area contributed by atoms with Crippen LogP contribution in [0.4, 0.5) is 17.6 Å². The summed E-state index contributed by atoms with van der Waals surface area (Å²) in [7, 11) is 0. The van der Waals surface area contributed by atoms with Gasteiger partial charge in [-0.3, -0.25) is 14.6 Å². The van der Waals surface area contributed by atoms with Crippen LogP contribution in [0, 0.1) is 0 Å². The van der Waals surface area contributed by atoms with Gasteiger partial charge in [0.2, 0.25) is 5.60 Å². The Kier molecular flexibility index (Phi) is 10.5. The third kappa shape index (κ3) is 6.93. The van der Waals surface area contributed by atoms with Crippen LogP contribution in [0.25, 0.3) is 0 Å². The SMILES string of the molecule is CCCCC1N(C(=O)c2ncccc2C(C)(F)CC)CCCC1(Oc1csc(C(F)(F)F)c1)C(=O)N1Cc2sc(Cl)cc2CC1C(=O)O. The number of thiophene rings is 2. The van der Waals surface area contributed by atoms with Gasteiger partial charge in [0, 0.05) is 47.5 Å². The van der Waals surface area contributed by atoms with Crippen molar-refractivity contribution in [2.24, 2.45) is 0 Å². The van der Waals surface area contributed by atoms with Crippen molar-refractivity contribution in [1.82, 2.24) is 14.8 Å². The van der Waals surface area contributed by atoms with E-state index in [0.29, 0.717) is 39.0 Å². The summed E-state index contributed by atoms with van der Waals surface area (Å²) in [6.07, 6.45) is -1.72. The van der Waals surface area contributed by atoms with E-state index in [-0.39, 0.29) is 62.2 Å². The number of aliphatic carboxylic acids is 1. The average molecular weight is 730 g/mol. The summed E-state index contributed by atoms with van der Waals surface area (Å²) in [6, 6.07) is 3.13. The van der Waals surface area contributed by atoms with Crippen LogP contribution in [0.1, 0.15) is 90.7 Å². The molecule has 1 fully saturated rings. The Hall–Kier alpha value is -3.23. The Balaban J connectivity index is 1.66. The van der Waals surface area contributed by atoms with Gasteiger partial charge in [-0.1, -0.05) is 44.4 Å². The molecule has 1 saturated heterocycles. The van der Waals surface area contributed by atoms with Crippen LogP contribution in [-0.2, 0) is 34.4 Å². The second kappa shape index (κ2) is 13.9. The minimum Gasteiger partial charge on any atom is -0.480 e. The van der Waals surface area contributed by atoms with Crippen LogP contribution in [0.15, 0.2) is 35.8 Å². The Morgan fingerprint density at radius 2 is 1.94 bits per heavy atom. The van der Waals surface area contributed by atoms with Crippen LogP contribution >= 0.6 is 34.3 Å². The molecule has 0 bridgehead atoms. The summed E-state index contributed by atoms with van der Waals surface area (Å²) in [5.74, 6) is -2.89. The summed E-state index contributed by atoms with van der Waals surface area (Å²) in [5.41, 5.74) is -3.24. The molecule has 0 spiro atoms. The molecule has 0 aromatic carbocycles. The quantitative estimate of drug-likeness (QED) is 0.212. The number of carbonyl (C=O) groups excluding carboxylic acids is 2. The number of rotatable bonds is 10. The van der Waals surface area contributed by atoms with E-state index in [1.165, 1.54) is 46.4 Å². The maximum atomic E-state index is 15.7. The lowest BCUT2D eigenvalue weighted by Crippen LogP contribution is -2.69. The molecule has 0 radical (unpaired) electrons. The molecule has 2 amide bonds. The van der Waals surface area contributed by atoms with Crippen molar-refractivity contribution in [1.29, 1.82) is 0 Å². The van der Waals surface area contributed by atoms with Gasteiger partial charge in [0.05, 0.1) is 16.9 Å². The number of amides is 2. The fourth-order valence-corrected chi connectivity index (χ4v) is 8.58. The van der Waals surface area contributed by atoms with Gasteiger partial charge in [-0.05, 0) is 43.9 Å². The number of fused-ring (bicyclic) bond motifs is 1. The number of hydrogen-bond donors (Lipinski definition) is 1. The normalized spacial score (nSPS) is 22.6. The molecule has 2 aliphatic heterocycles. The van der Waals surface area contributed by atoms with Crippen molar-refractivity contribution in [3.05, 3.63) is 66.8 Å². The number of carbonyl (C=O) groups is 3. The number of nitrogens with zero attached hydrogens (tertiary/aromatic N) is 3. The van der Waals surface area contributed by atoms with Gasteiger partial charge < -0.3 is 19.6 Å². The predicted octanol–water partition coefficient (Wildman–Crippen LogP) is 8.12. The van der Waals surface area contributed by atoms with E-state index >= 15 is 9.18 Å². The molecule has 3 aromatic heterocycles. The maximum absolute atomic E-state index is 15.7. The largest absolute Gasteiger partial charge is 0.480 e. The summed E-state index contributed by atoms with van der Waals surface area (Å²) in [6.45, 7) is 4.93. The lowest BCUT2D eigenvalue weighted by molar-refractivity contribution is -0.168. The Morgan fingerprint density at radius 3 is 2.58 bits per heavy atom.